The minimum absolute atomic E-state index is 0.0582. The summed E-state index contributed by atoms with van der Waals surface area (Å²) in [5.41, 5.74) is 1.01. The topological polar surface area (TPSA) is 136 Å². The molecule has 12 nitrogen and oxygen atoms in total. The SMILES string of the molecule is N=C(CN1CCOCC1)c1nc(N2CCNCC2)nc(Nc2ccncn2)c1NCCOCC(F)(F)F. The summed E-state index contributed by atoms with van der Waals surface area (Å²) in [4.78, 5) is 21.7. The zero-order chi connectivity index (χ0) is 26.1. The van der Waals surface area contributed by atoms with Crippen LogP contribution in [0.5, 0.6) is 0 Å². The Hall–Kier alpha value is -3.14. The van der Waals surface area contributed by atoms with Crippen molar-refractivity contribution in [3.8, 4) is 0 Å². The molecule has 0 bridgehead atoms. The Morgan fingerprint density at radius 3 is 2.65 bits per heavy atom. The normalized spacial score (nSPS) is 17.0. The van der Waals surface area contributed by atoms with Crippen molar-refractivity contribution in [2.24, 2.45) is 0 Å². The highest BCUT2D eigenvalue weighted by Crippen LogP contribution is 2.29. The number of rotatable bonds is 11. The van der Waals surface area contributed by atoms with Crippen molar-refractivity contribution < 1.29 is 22.6 Å². The Bertz CT molecular complexity index is 1020. The number of hydrogen-bond acceptors (Lipinski definition) is 12. The van der Waals surface area contributed by atoms with Gasteiger partial charge < -0.3 is 35.7 Å². The molecule has 0 atom stereocenters. The molecule has 0 saturated carbocycles. The number of morpholine rings is 1. The fraction of sp³-hybridized carbons (Fsp3) is 0.591. The smallest absolute Gasteiger partial charge is 0.379 e. The van der Waals surface area contributed by atoms with Gasteiger partial charge in [0.15, 0.2) is 5.82 Å². The molecular weight excluding hydrogens is 493 g/mol. The van der Waals surface area contributed by atoms with Crippen LogP contribution in [0.4, 0.5) is 36.4 Å². The molecule has 2 aliphatic rings. The number of halogens is 3. The van der Waals surface area contributed by atoms with Crippen LogP contribution in [0, 0.1) is 5.41 Å². The highest BCUT2D eigenvalue weighted by atomic mass is 19.4. The molecule has 2 aromatic rings. The van der Waals surface area contributed by atoms with E-state index in [1.807, 2.05) is 4.90 Å². The maximum absolute atomic E-state index is 12.5. The summed E-state index contributed by atoms with van der Waals surface area (Å²) in [7, 11) is 0. The van der Waals surface area contributed by atoms with Crippen molar-refractivity contribution in [2.75, 3.05) is 94.3 Å². The van der Waals surface area contributed by atoms with Gasteiger partial charge in [0.2, 0.25) is 5.95 Å². The van der Waals surface area contributed by atoms with E-state index in [0.717, 1.165) is 13.1 Å². The van der Waals surface area contributed by atoms with E-state index < -0.39 is 12.8 Å². The number of ether oxygens (including phenoxy) is 2. The van der Waals surface area contributed by atoms with Gasteiger partial charge in [-0.3, -0.25) is 4.90 Å². The molecular formula is C22H31F3N10O2. The Balaban J connectivity index is 1.63. The van der Waals surface area contributed by atoms with Gasteiger partial charge in [-0.05, 0) is 6.07 Å². The predicted molar refractivity (Wildman–Crippen MR) is 132 cm³/mol. The van der Waals surface area contributed by atoms with Crippen LogP contribution in [0.25, 0.3) is 0 Å². The predicted octanol–water partition coefficient (Wildman–Crippen LogP) is 1.11. The number of anilines is 4. The summed E-state index contributed by atoms with van der Waals surface area (Å²) in [6.45, 7) is 4.37. The summed E-state index contributed by atoms with van der Waals surface area (Å²) in [6.07, 6.45) is -1.44. The van der Waals surface area contributed by atoms with E-state index in [9.17, 15) is 13.2 Å². The molecule has 0 spiro atoms. The Labute approximate surface area is 212 Å². The Morgan fingerprint density at radius 1 is 1.16 bits per heavy atom. The fourth-order valence-electron chi connectivity index (χ4n) is 3.91. The standard InChI is InChI=1S/C22H31F3N10O2/c23-22(24,25)14-37-10-5-29-19-18(16(26)13-34-8-11-36-12-9-34)32-21(35-6-3-27-4-7-35)33-20(19)31-17-1-2-28-15-30-17/h1-2,15,26-27,29H,3-14H2,(H,28,30,31,32,33). The second kappa shape index (κ2) is 12.9. The largest absolute Gasteiger partial charge is 0.411 e. The number of nitrogens with one attached hydrogen (secondary N) is 4. The minimum atomic E-state index is -4.40. The summed E-state index contributed by atoms with van der Waals surface area (Å²) in [6, 6.07) is 1.67. The highest BCUT2D eigenvalue weighted by Gasteiger charge is 2.27. The van der Waals surface area contributed by atoms with E-state index >= 15 is 0 Å². The van der Waals surface area contributed by atoms with Crippen LogP contribution in [-0.4, -0.2) is 116 Å². The van der Waals surface area contributed by atoms with Gasteiger partial charge in [-0.2, -0.15) is 18.2 Å². The molecule has 0 aliphatic carbocycles. The molecule has 2 aliphatic heterocycles. The molecule has 0 amide bonds. The lowest BCUT2D eigenvalue weighted by molar-refractivity contribution is -0.172. The lowest BCUT2D eigenvalue weighted by Crippen LogP contribution is -2.44. The van der Waals surface area contributed by atoms with Gasteiger partial charge in [0.05, 0.1) is 25.5 Å². The van der Waals surface area contributed by atoms with E-state index in [1.54, 1.807) is 12.3 Å². The number of alkyl halides is 3. The van der Waals surface area contributed by atoms with E-state index in [2.05, 4.69) is 30.8 Å². The lowest BCUT2D eigenvalue weighted by Gasteiger charge is -2.30. The number of aromatic nitrogens is 4. The number of hydrogen-bond donors (Lipinski definition) is 4. The highest BCUT2D eigenvalue weighted by molar-refractivity contribution is 6.05. The summed E-state index contributed by atoms with van der Waals surface area (Å²) >= 11 is 0. The van der Waals surface area contributed by atoms with Crippen molar-refractivity contribution in [3.05, 3.63) is 24.3 Å². The van der Waals surface area contributed by atoms with Crippen LogP contribution in [0.3, 0.4) is 0 Å². The van der Waals surface area contributed by atoms with Gasteiger partial charge in [-0.15, -0.1) is 0 Å². The third kappa shape index (κ3) is 8.18. The van der Waals surface area contributed by atoms with Crippen molar-refractivity contribution in [3.63, 3.8) is 0 Å². The third-order valence-electron chi connectivity index (χ3n) is 5.71. The first-order valence-corrected chi connectivity index (χ1v) is 12.1. The second-order valence-electron chi connectivity index (χ2n) is 8.51. The minimum Gasteiger partial charge on any atom is -0.379 e. The monoisotopic (exact) mass is 524 g/mol. The molecule has 37 heavy (non-hydrogen) atoms. The molecule has 202 valence electrons. The van der Waals surface area contributed by atoms with Gasteiger partial charge >= 0.3 is 6.18 Å². The number of piperazine rings is 1. The van der Waals surface area contributed by atoms with E-state index in [-0.39, 0.29) is 18.9 Å². The molecule has 4 heterocycles. The van der Waals surface area contributed by atoms with Crippen LogP contribution < -0.4 is 20.9 Å². The summed E-state index contributed by atoms with van der Waals surface area (Å²) in [5.74, 6) is 1.29. The maximum Gasteiger partial charge on any atom is 0.411 e. The van der Waals surface area contributed by atoms with Crippen molar-refractivity contribution in [2.45, 2.75) is 6.18 Å². The molecule has 0 aromatic carbocycles. The van der Waals surface area contributed by atoms with Crippen molar-refractivity contribution in [1.29, 1.82) is 5.41 Å². The summed E-state index contributed by atoms with van der Waals surface area (Å²) < 4.78 is 47.6. The van der Waals surface area contributed by atoms with Gasteiger partial charge in [0.1, 0.15) is 30.1 Å². The van der Waals surface area contributed by atoms with Gasteiger partial charge in [0.25, 0.3) is 0 Å². The van der Waals surface area contributed by atoms with Crippen molar-refractivity contribution >= 4 is 29.0 Å². The van der Waals surface area contributed by atoms with Gasteiger partial charge in [-0.25, -0.2) is 15.0 Å². The Morgan fingerprint density at radius 2 is 1.95 bits per heavy atom. The molecule has 0 unspecified atom stereocenters. The second-order valence-corrected chi connectivity index (χ2v) is 8.51. The van der Waals surface area contributed by atoms with Gasteiger partial charge in [-0.1, -0.05) is 0 Å². The Kier molecular flexibility index (Phi) is 9.38. The first-order chi connectivity index (χ1) is 17.9. The molecule has 2 saturated heterocycles. The average molecular weight is 525 g/mol. The van der Waals surface area contributed by atoms with E-state index in [0.29, 0.717) is 74.9 Å². The first-order valence-electron chi connectivity index (χ1n) is 12.1. The van der Waals surface area contributed by atoms with Gasteiger partial charge in [0, 0.05) is 58.6 Å². The maximum atomic E-state index is 12.5. The molecule has 4 N–H and O–H groups in total. The molecule has 4 rings (SSSR count). The zero-order valence-electron chi connectivity index (χ0n) is 20.4. The lowest BCUT2D eigenvalue weighted by atomic mass is 10.2. The average Bonchev–Trinajstić information content (AvgIpc) is 2.90. The molecule has 2 aromatic heterocycles. The molecule has 0 radical (unpaired) electrons. The first kappa shape index (κ1) is 26.9. The van der Waals surface area contributed by atoms with Crippen LogP contribution >= 0.6 is 0 Å². The molecule has 2 fully saturated rings. The molecule has 15 heteroatoms. The van der Waals surface area contributed by atoms with Crippen LogP contribution in [-0.2, 0) is 9.47 Å². The quantitative estimate of drug-likeness (QED) is 0.249. The fourth-order valence-corrected chi connectivity index (χ4v) is 3.91. The van der Waals surface area contributed by atoms with Crippen LogP contribution in [0.2, 0.25) is 0 Å². The van der Waals surface area contributed by atoms with Crippen molar-refractivity contribution in [1.82, 2.24) is 30.2 Å². The van der Waals surface area contributed by atoms with Crippen LogP contribution in [0.1, 0.15) is 5.69 Å². The van der Waals surface area contributed by atoms with E-state index in [1.165, 1.54) is 6.33 Å². The zero-order valence-corrected chi connectivity index (χ0v) is 20.4. The number of nitrogens with zero attached hydrogens (tertiary/aromatic N) is 6. The van der Waals surface area contributed by atoms with E-state index in [4.69, 9.17) is 24.9 Å². The summed E-state index contributed by atoms with van der Waals surface area (Å²) in [5, 5.41) is 18.5. The third-order valence-corrected chi connectivity index (χ3v) is 5.71. The van der Waals surface area contributed by atoms with Crippen LogP contribution in [0.15, 0.2) is 18.6 Å².